The summed E-state index contributed by atoms with van der Waals surface area (Å²) in [7, 11) is 2.12. The number of hydrogen-bond donors (Lipinski definition) is 2. The molecule has 18 heavy (non-hydrogen) atoms. The average Bonchev–Trinajstić information content (AvgIpc) is 2.36. The molecule has 1 aromatic carbocycles. The van der Waals surface area contributed by atoms with Gasteiger partial charge in [-0.05, 0) is 37.1 Å². The largest absolute Gasteiger partial charge is 0.392 e. The Bertz CT molecular complexity index is 335. The minimum Gasteiger partial charge on any atom is -0.392 e. The molecule has 3 nitrogen and oxygen atoms in total. The van der Waals surface area contributed by atoms with Crippen molar-refractivity contribution < 1.29 is 5.11 Å². The predicted molar refractivity (Wildman–Crippen MR) is 76.1 cm³/mol. The molecular weight excluding hydrogens is 224 g/mol. The molecule has 0 saturated heterocycles. The predicted octanol–water partition coefficient (Wildman–Crippen LogP) is 1.98. The first kappa shape index (κ1) is 15.2. The number of benzene rings is 1. The van der Waals surface area contributed by atoms with Gasteiger partial charge < -0.3 is 15.7 Å². The molecule has 0 saturated carbocycles. The van der Waals surface area contributed by atoms with Crippen molar-refractivity contribution in [1.29, 1.82) is 0 Å². The number of aliphatic hydroxyl groups is 1. The van der Waals surface area contributed by atoms with Crippen molar-refractivity contribution in [3.63, 3.8) is 0 Å². The van der Waals surface area contributed by atoms with E-state index in [0.717, 1.165) is 25.1 Å². The summed E-state index contributed by atoms with van der Waals surface area (Å²) in [4.78, 5) is 2.29. The highest BCUT2D eigenvalue weighted by molar-refractivity contribution is 5.21. The minimum atomic E-state index is 0.110. The molecule has 3 heteroatoms. The maximum atomic E-state index is 8.98. The van der Waals surface area contributed by atoms with Crippen molar-refractivity contribution in [3.8, 4) is 0 Å². The van der Waals surface area contributed by atoms with Gasteiger partial charge in [-0.15, -0.1) is 0 Å². The van der Waals surface area contributed by atoms with Crippen molar-refractivity contribution >= 4 is 0 Å². The van der Waals surface area contributed by atoms with Crippen molar-refractivity contribution in [2.75, 3.05) is 13.6 Å². The summed E-state index contributed by atoms with van der Waals surface area (Å²) < 4.78 is 0. The van der Waals surface area contributed by atoms with Crippen LogP contribution in [0.4, 0.5) is 0 Å². The number of nitrogens with two attached hydrogens (primary N) is 1. The zero-order valence-electron chi connectivity index (χ0n) is 11.8. The first-order chi connectivity index (χ1) is 8.52. The van der Waals surface area contributed by atoms with Crippen molar-refractivity contribution in [3.05, 3.63) is 35.4 Å². The quantitative estimate of drug-likeness (QED) is 0.778. The van der Waals surface area contributed by atoms with Gasteiger partial charge in [0.25, 0.3) is 0 Å². The van der Waals surface area contributed by atoms with Crippen LogP contribution in [0.25, 0.3) is 0 Å². The topological polar surface area (TPSA) is 49.5 Å². The smallest absolute Gasteiger partial charge is 0.0681 e. The van der Waals surface area contributed by atoms with Crippen LogP contribution in [0.5, 0.6) is 0 Å². The molecule has 0 amide bonds. The van der Waals surface area contributed by atoms with Crippen LogP contribution in [0.2, 0.25) is 0 Å². The Morgan fingerprint density at radius 3 is 2.22 bits per heavy atom. The van der Waals surface area contributed by atoms with Gasteiger partial charge in [-0.2, -0.15) is 0 Å². The third kappa shape index (κ3) is 5.17. The standard InChI is InChI=1S/C15H26N2O/c1-12(2)15(16)8-9-17(3)10-13-4-6-14(11-18)7-5-13/h4-7,12,15,18H,8-11,16H2,1-3H3. The van der Waals surface area contributed by atoms with Crippen LogP contribution in [0, 0.1) is 5.92 Å². The summed E-state index contributed by atoms with van der Waals surface area (Å²) in [5.41, 5.74) is 8.27. The second-order valence-electron chi connectivity index (χ2n) is 5.41. The summed E-state index contributed by atoms with van der Waals surface area (Å²) in [5.74, 6) is 0.544. The van der Waals surface area contributed by atoms with Gasteiger partial charge in [-0.25, -0.2) is 0 Å². The molecule has 0 spiro atoms. The first-order valence-electron chi connectivity index (χ1n) is 6.65. The second kappa shape index (κ2) is 7.52. The number of hydrogen-bond acceptors (Lipinski definition) is 3. The summed E-state index contributed by atoms with van der Waals surface area (Å²) in [6.07, 6.45) is 1.03. The Kier molecular flexibility index (Phi) is 6.33. The fraction of sp³-hybridized carbons (Fsp3) is 0.600. The molecule has 0 bridgehead atoms. The lowest BCUT2D eigenvalue weighted by Crippen LogP contribution is -2.31. The molecule has 0 aliphatic rings. The summed E-state index contributed by atoms with van der Waals surface area (Å²) >= 11 is 0. The molecule has 0 fully saturated rings. The van der Waals surface area contributed by atoms with Crippen LogP contribution in [-0.4, -0.2) is 29.6 Å². The number of rotatable bonds is 7. The molecule has 1 atom stereocenters. The highest BCUT2D eigenvalue weighted by Crippen LogP contribution is 2.08. The van der Waals surface area contributed by atoms with E-state index in [2.05, 4.69) is 37.9 Å². The monoisotopic (exact) mass is 250 g/mol. The Labute approximate surface area is 111 Å². The van der Waals surface area contributed by atoms with Gasteiger partial charge in [-0.1, -0.05) is 38.1 Å². The normalized spacial score (nSPS) is 13.3. The third-order valence-electron chi connectivity index (χ3n) is 3.36. The molecular formula is C15H26N2O. The Morgan fingerprint density at radius 1 is 1.17 bits per heavy atom. The highest BCUT2D eigenvalue weighted by Gasteiger charge is 2.09. The molecule has 1 rings (SSSR count). The van der Waals surface area contributed by atoms with Crippen molar-refractivity contribution in [2.24, 2.45) is 11.7 Å². The minimum absolute atomic E-state index is 0.110. The number of nitrogens with zero attached hydrogens (tertiary/aromatic N) is 1. The molecule has 0 aliphatic heterocycles. The van der Waals surface area contributed by atoms with Gasteiger partial charge in [-0.3, -0.25) is 0 Å². The third-order valence-corrected chi connectivity index (χ3v) is 3.36. The van der Waals surface area contributed by atoms with E-state index in [0.29, 0.717) is 5.92 Å². The molecule has 0 heterocycles. The molecule has 3 N–H and O–H groups in total. The lowest BCUT2D eigenvalue weighted by atomic mass is 10.0. The van der Waals surface area contributed by atoms with Crippen LogP contribution in [-0.2, 0) is 13.2 Å². The van der Waals surface area contributed by atoms with E-state index in [9.17, 15) is 0 Å². The first-order valence-corrected chi connectivity index (χ1v) is 6.65. The van der Waals surface area contributed by atoms with Crippen LogP contribution in [0.15, 0.2) is 24.3 Å². The summed E-state index contributed by atoms with van der Waals surface area (Å²) in [6, 6.07) is 8.38. The van der Waals surface area contributed by atoms with Gasteiger partial charge in [0.15, 0.2) is 0 Å². The van der Waals surface area contributed by atoms with Crippen molar-refractivity contribution in [1.82, 2.24) is 4.90 Å². The second-order valence-corrected chi connectivity index (χ2v) is 5.41. The molecule has 0 aliphatic carbocycles. The van der Waals surface area contributed by atoms with Crippen LogP contribution in [0.1, 0.15) is 31.4 Å². The Hall–Kier alpha value is -0.900. The maximum absolute atomic E-state index is 8.98. The average molecular weight is 250 g/mol. The molecule has 102 valence electrons. The lowest BCUT2D eigenvalue weighted by molar-refractivity contribution is 0.281. The Balaban J connectivity index is 2.37. The van der Waals surface area contributed by atoms with Crippen LogP contribution in [0.3, 0.4) is 0 Å². The fourth-order valence-corrected chi connectivity index (χ4v) is 1.84. The molecule has 0 aromatic heterocycles. The van der Waals surface area contributed by atoms with E-state index in [1.807, 2.05) is 12.1 Å². The van der Waals surface area contributed by atoms with E-state index < -0.39 is 0 Å². The SMILES string of the molecule is CC(C)C(N)CCN(C)Cc1ccc(CO)cc1. The fourth-order valence-electron chi connectivity index (χ4n) is 1.84. The van der Waals surface area contributed by atoms with E-state index in [-0.39, 0.29) is 12.6 Å². The molecule has 0 radical (unpaired) electrons. The van der Waals surface area contributed by atoms with Crippen LogP contribution >= 0.6 is 0 Å². The molecule has 1 unspecified atom stereocenters. The maximum Gasteiger partial charge on any atom is 0.0681 e. The van der Waals surface area contributed by atoms with E-state index >= 15 is 0 Å². The lowest BCUT2D eigenvalue weighted by Gasteiger charge is -2.21. The Morgan fingerprint density at radius 2 is 1.72 bits per heavy atom. The molecule has 1 aromatic rings. The van der Waals surface area contributed by atoms with Gasteiger partial charge in [0, 0.05) is 12.6 Å². The summed E-state index contributed by atoms with van der Waals surface area (Å²) in [5, 5.41) is 8.98. The van der Waals surface area contributed by atoms with Crippen LogP contribution < -0.4 is 5.73 Å². The van der Waals surface area contributed by atoms with Gasteiger partial charge in [0.1, 0.15) is 0 Å². The zero-order valence-corrected chi connectivity index (χ0v) is 11.8. The van der Waals surface area contributed by atoms with Crippen molar-refractivity contribution in [2.45, 2.75) is 39.5 Å². The summed E-state index contributed by atoms with van der Waals surface area (Å²) in [6.45, 7) is 6.38. The van der Waals surface area contributed by atoms with Gasteiger partial charge in [0.2, 0.25) is 0 Å². The van der Waals surface area contributed by atoms with E-state index in [1.165, 1.54) is 5.56 Å². The van der Waals surface area contributed by atoms with Gasteiger partial charge in [0.05, 0.1) is 6.61 Å². The zero-order chi connectivity index (χ0) is 13.5. The highest BCUT2D eigenvalue weighted by atomic mass is 16.3. The van der Waals surface area contributed by atoms with E-state index in [1.54, 1.807) is 0 Å². The van der Waals surface area contributed by atoms with E-state index in [4.69, 9.17) is 10.8 Å². The number of aliphatic hydroxyl groups excluding tert-OH is 1. The van der Waals surface area contributed by atoms with Gasteiger partial charge >= 0.3 is 0 Å².